The van der Waals surface area contributed by atoms with Crippen molar-refractivity contribution in [3.63, 3.8) is 0 Å². The summed E-state index contributed by atoms with van der Waals surface area (Å²) in [6.45, 7) is 0. The van der Waals surface area contributed by atoms with Crippen LogP contribution in [0.15, 0.2) is 121 Å². The van der Waals surface area contributed by atoms with Crippen LogP contribution in [0.5, 0.6) is 0 Å². The van der Waals surface area contributed by atoms with Crippen molar-refractivity contribution in [2.75, 3.05) is 0 Å². The van der Waals surface area contributed by atoms with Crippen LogP contribution in [-0.4, -0.2) is 23.1 Å². The summed E-state index contributed by atoms with van der Waals surface area (Å²) in [4.78, 5) is 47.2. The summed E-state index contributed by atoms with van der Waals surface area (Å²) in [6.07, 6.45) is 0. The average molecular weight is 489 g/mol. The third-order valence-electron chi connectivity index (χ3n) is 4.56. The molecule has 0 radical (unpaired) electrons. The molecule has 172 valence electrons. The molecule has 0 bridgehead atoms. The van der Waals surface area contributed by atoms with E-state index in [1.54, 1.807) is 97.1 Å². The van der Waals surface area contributed by atoms with Gasteiger partial charge in [0.15, 0.2) is 0 Å². The van der Waals surface area contributed by atoms with Gasteiger partial charge in [0, 0.05) is 22.3 Å². The molecule has 0 aliphatic rings. The largest absolute Gasteiger partial charge is 0.285 e. The first kappa shape index (κ1) is 28.3. The van der Waals surface area contributed by atoms with Crippen LogP contribution in [0.25, 0.3) is 0 Å². The fourth-order valence-electron chi connectivity index (χ4n) is 2.88. The fourth-order valence-corrected chi connectivity index (χ4v) is 2.88. The maximum atomic E-state index is 11.8. The van der Waals surface area contributed by atoms with Gasteiger partial charge in [0.05, 0.1) is 0 Å². The molecule has 0 N–H and O–H groups in total. The fraction of sp³-hybridized carbons (Fsp3) is 0. The number of rotatable bonds is 6. The van der Waals surface area contributed by atoms with Crippen molar-refractivity contribution in [1.29, 1.82) is 0 Å². The second-order valence-corrected chi connectivity index (χ2v) is 6.78. The van der Waals surface area contributed by atoms with Gasteiger partial charge in [-0.1, -0.05) is 121 Å². The number of carbonyl (C=O) groups is 4. The molecule has 0 atom stereocenters. The Kier molecular flexibility index (Phi) is 12.0. The van der Waals surface area contributed by atoms with Crippen molar-refractivity contribution in [2.45, 2.75) is 0 Å². The standard InChI is InChI=1S/2C14H10O2.2H2S/c2*15-13(11-7-3-1-4-8-11)14(16)12-9-5-2-6-10-12;;/h2*1-10H;2*1H2. The van der Waals surface area contributed by atoms with E-state index in [1.165, 1.54) is 0 Å². The molecule has 34 heavy (non-hydrogen) atoms. The predicted octanol–water partition coefficient (Wildman–Crippen LogP) is 5.73. The molecule has 4 nitrogen and oxygen atoms in total. The molecule has 4 aromatic rings. The number of hydrogen-bond acceptors (Lipinski definition) is 4. The van der Waals surface area contributed by atoms with E-state index in [4.69, 9.17) is 0 Å². The third kappa shape index (κ3) is 7.69. The van der Waals surface area contributed by atoms with Crippen LogP contribution < -0.4 is 0 Å². The van der Waals surface area contributed by atoms with Crippen molar-refractivity contribution in [2.24, 2.45) is 0 Å². The lowest BCUT2D eigenvalue weighted by Crippen LogP contribution is -2.14. The number of ketones is 4. The van der Waals surface area contributed by atoms with Crippen molar-refractivity contribution < 1.29 is 19.2 Å². The molecule has 0 spiro atoms. The summed E-state index contributed by atoms with van der Waals surface area (Å²) in [5.41, 5.74) is 1.71. The van der Waals surface area contributed by atoms with Crippen LogP contribution in [0.4, 0.5) is 0 Å². The molecule has 0 amide bonds. The lowest BCUT2D eigenvalue weighted by molar-refractivity contribution is 0.0817. The van der Waals surface area contributed by atoms with Crippen molar-refractivity contribution in [1.82, 2.24) is 0 Å². The molecule has 0 saturated heterocycles. The van der Waals surface area contributed by atoms with E-state index in [1.807, 2.05) is 24.3 Å². The van der Waals surface area contributed by atoms with Gasteiger partial charge in [0.2, 0.25) is 23.1 Å². The third-order valence-corrected chi connectivity index (χ3v) is 4.56. The van der Waals surface area contributed by atoms with Crippen molar-refractivity contribution >= 4 is 50.1 Å². The molecule has 0 unspecified atom stereocenters. The molecule has 0 saturated carbocycles. The first-order chi connectivity index (χ1) is 15.6. The Morgan fingerprint density at radius 1 is 0.294 bits per heavy atom. The lowest BCUT2D eigenvalue weighted by atomic mass is 10.0. The van der Waals surface area contributed by atoms with Gasteiger partial charge in [-0.05, 0) is 0 Å². The Balaban J connectivity index is 0.000000321. The Labute approximate surface area is 212 Å². The average Bonchev–Trinajstić information content (AvgIpc) is 2.89. The summed E-state index contributed by atoms with van der Waals surface area (Å²) in [5.74, 6) is -1.86. The minimum atomic E-state index is -0.466. The summed E-state index contributed by atoms with van der Waals surface area (Å²) < 4.78 is 0. The van der Waals surface area contributed by atoms with Crippen LogP contribution in [0.3, 0.4) is 0 Å². The topological polar surface area (TPSA) is 68.3 Å². The molecule has 4 rings (SSSR count). The molecular formula is C28H24O4S2. The summed E-state index contributed by atoms with van der Waals surface area (Å²) in [6, 6.07) is 34.3. The molecule has 0 aliphatic carbocycles. The second-order valence-electron chi connectivity index (χ2n) is 6.78. The van der Waals surface area contributed by atoms with Gasteiger partial charge >= 0.3 is 0 Å². The summed E-state index contributed by atoms with van der Waals surface area (Å²) in [7, 11) is 0. The van der Waals surface area contributed by atoms with E-state index in [-0.39, 0.29) is 27.0 Å². The van der Waals surface area contributed by atoms with Crippen LogP contribution in [0.2, 0.25) is 0 Å². The maximum Gasteiger partial charge on any atom is 0.233 e. The number of carbonyl (C=O) groups excluding carboxylic acids is 4. The van der Waals surface area contributed by atoms with Crippen molar-refractivity contribution in [3.8, 4) is 0 Å². The Bertz CT molecular complexity index is 1010. The molecule has 6 heteroatoms. The Morgan fingerprint density at radius 3 is 0.588 bits per heavy atom. The quantitative estimate of drug-likeness (QED) is 0.257. The Morgan fingerprint density at radius 2 is 0.441 bits per heavy atom. The van der Waals surface area contributed by atoms with E-state index in [9.17, 15) is 19.2 Å². The minimum absolute atomic E-state index is 0. The van der Waals surface area contributed by atoms with E-state index in [2.05, 4.69) is 0 Å². The summed E-state index contributed by atoms with van der Waals surface area (Å²) >= 11 is 0. The SMILES string of the molecule is O=C(C(=O)c1ccccc1)c1ccccc1.O=C(C(=O)c1ccccc1)c1ccccc1.S.S. The van der Waals surface area contributed by atoms with Crippen LogP contribution in [-0.2, 0) is 0 Å². The monoisotopic (exact) mass is 488 g/mol. The Hall–Kier alpha value is -3.74. The van der Waals surface area contributed by atoms with Gasteiger partial charge in [-0.3, -0.25) is 19.2 Å². The number of hydrogen-bond donors (Lipinski definition) is 0. The molecule has 4 aromatic carbocycles. The van der Waals surface area contributed by atoms with Gasteiger partial charge in [0.25, 0.3) is 0 Å². The van der Waals surface area contributed by atoms with Gasteiger partial charge < -0.3 is 0 Å². The second kappa shape index (κ2) is 14.4. The van der Waals surface area contributed by atoms with Gasteiger partial charge in [-0.2, -0.15) is 27.0 Å². The van der Waals surface area contributed by atoms with Crippen molar-refractivity contribution in [3.05, 3.63) is 144 Å². The maximum absolute atomic E-state index is 11.8. The zero-order valence-electron chi connectivity index (χ0n) is 18.2. The van der Waals surface area contributed by atoms with Gasteiger partial charge in [-0.15, -0.1) is 0 Å². The number of benzene rings is 4. The van der Waals surface area contributed by atoms with Crippen LogP contribution >= 0.6 is 27.0 Å². The predicted molar refractivity (Wildman–Crippen MR) is 144 cm³/mol. The molecule has 0 heterocycles. The first-order valence-corrected chi connectivity index (χ1v) is 9.96. The lowest BCUT2D eigenvalue weighted by Gasteiger charge is -1.99. The summed E-state index contributed by atoms with van der Waals surface area (Å²) in [5, 5.41) is 0. The van der Waals surface area contributed by atoms with Gasteiger partial charge in [0.1, 0.15) is 0 Å². The van der Waals surface area contributed by atoms with Crippen LogP contribution in [0.1, 0.15) is 41.4 Å². The highest BCUT2D eigenvalue weighted by Crippen LogP contribution is 2.08. The molecule has 0 fully saturated rings. The molecule has 0 aromatic heterocycles. The van der Waals surface area contributed by atoms with E-state index < -0.39 is 23.1 Å². The highest BCUT2D eigenvalue weighted by Gasteiger charge is 2.18. The highest BCUT2D eigenvalue weighted by atomic mass is 32.1. The highest BCUT2D eigenvalue weighted by molar-refractivity contribution is 7.59. The number of Topliss-reactive ketones (excluding diaryl/α,β-unsaturated/α-hetero) is 4. The van der Waals surface area contributed by atoms with E-state index in [0.717, 1.165) is 0 Å². The normalized spacial score (nSPS) is 9.18. The first-order valence-electron chi connectivity index (χ1n) is 9.96. The molecular weight excluding hydrogens is 464 g/mol. The van der Waals surface area contributed by atoms with Gasteiger partial charge in [-0.25, -0.2) is 0 Å². The zero-order chi connectivity index (χ0) is 22.8. The molecule has 0 aliphatic heterocycles. The van der Waals surface area contributed by atoms with E-state index >= 15 is 0 Å². The van der Waals surface area contributed by atoms with E-state index in [0.29, 0.717) is 22.3 Å². The van der Waals surface area contributed by atoms with Crippen LogP contribution in [0, 0.1) is 0 Å². The smallest absolute Gasteiger partial charge is 0.233 e. The zero-order valence-corrected chi connectivity index (χ0v) is 20.2. The minimum Gasteiger partial charge on any atom is -0.285 e.